The normalized spacial score (nSPS) is 23.8. The van der Waals surface area contributed by atoms with Crippen LogP contribution < -0.4 is 4.74 Å². The Labute approximate surface area is 108 Å². The van der Waals surface area contributed by atoms with Crippen LogP contribution >= 0.6 is 0 Å². The first-order valence-electron chi connectivity index (χ1n) is 6.38. The Morgan fingerprint density at radius 2 is 2.00 bits per heavy atom. The minimum atomic E-state index is 0.0554. The molecule has 0 bridgehead atoms. The highest BCUT2D eigenvalue weighted by atomic mass is 16.5. The molecule has 1 fully saturated rings. The van der Waals surface area contributed by atoms with Gasteiger partial charge in [0.1, 0.15) is 5.75 Å². The first-order chi connectivity index (χ1) is 8.60. The Kier molecular flexibility index (Phi) is 3.84. The number of hydrogen-bond acceptors (Lipinski definition) is 3. The number of likely N-dealkylation sites (tertiary alicyclic amines) is 1. The summed E-state index contributed by atoms with van der Waals surface area (Å²) >= 11 is 0. The second-order valence-electron chi connectivity index (χ2n) is 5.27. The summed E-state index contributed by atoms with van der Waals surface area (Å²) in [5.74, 6) is 1.81. The predicted molar refractivity (Wildman–Crippen MR) is 69.6 cm³/mol. The van der Waals surface area contributed by atoms with Gasteiger partial charge in [0.2, 0.25) is 0 Å². The van der Waals surface area contributed by atoms with Gasteiger partial charge in [0, 0.05) is 19.3 Å². The number of aromatic nitrogens is 1. The summed E-state index contributed by atoms with van der Waals surface area (Å²) in [7, 11) is 1.58. The Morgan fingerprint density at radius 1 is 1.33 bits per heavy atom. The van der Waals surface area contributed by atoms with E-state index < -0.39 is 0 Å². The molecule has 1 amide bonds. The van der Waals surface area contributed by atoms with Gasteiger partial charge in [0.05, 0.1) is 18.9 Å². The minimum Gasteiger partial charge on any atom is -0.495 e. The van der Waals surface area contributed by atoms with E-state index in [0.717, 1.165) is 13.1 Å². The molecule has 0 saturated carbocycles. The first kappa shape index (κ1) is 12.9. The minimum absolute atomic E-state index is 0.0554. The van der Waals surface area contributed by atoms with Crippen molar-refractivity contribution in [2.75, 3.05) is 20.2 Å². The van der Waals surface area contributed by atoms with Crippen LogP contribution in [0.4, 0.5) is 0 Å². The van der Waals surface area contributed by atoms with Gasteiger partial charge in [-0.15, -0.1) is 0 Å². The molecule has 0 spiro atoms. The lowest BCUT2D eigenvalue weighted by Crippen LogP contribution is -2.42. The second kappa shape index (κ2) is 5.38. The van der Waals surface area contributed by atoms with Crippen molar-refractivity contribution in [2.24, 2.45) is 11.8 Å². The highest BCUT2D eigenvalue weighted by molar-refractivity contribution is 5.94. The number of pyridine rings is 1. The number of nitrogens with zero attached hydrogens (tertiary/aromatic N) is 2. The summed E-state index contributed by atoms with van der Waals surface area (Å²) in [4.78, 5) is 18.4. The molecule has 0 N–H and O–H groups in total. The highest BCUT2D eigenvalue weighted by Crippen LogP contribution is 2.23. The van der Waals surface area contributed by atoms with Gasteiger partial charge < -0.3 is 9.64 Å². The molecule has 0 aromatic carbocycles. The fourth-order valence-corrected chi connectivity index (χ4v) is 2.66. The summed E-state index contributed by atoms with van der Waals surface area (Å²) in [5.41, 5.74) is 0.607. The van der Waals surface area contributed by atoms with E-state index in [0.29, 0.717) is 23.1 Å². The quantitative estimate of drug-likeness (QED) is 0.806. The van der Waals surface area contributed by atoms with Crippen LogP contribution in [0.1, 0.15) is 30.6 Å². The van der Waals surface area contributed by atoms with E-state index in [2.05, 4.69) is 18.8 Å². The number of piperidine rings is 1. The Hall–Kier alpha value is -1.58. The van der Waals surface area contributed by atoms with Crippen molar-refractivity contribution < 1.29 is 9.53 Å². The zero-order valence-electron chi connectivity index (χ0n) is 11.2. The van der Waals surface area contributed by atoms with E-state index >= 15 is 0 Å². The molecule has 0 radical (unpaired) electrons. The zero-order valence-corrected chi connectivity index (χ0v) is 11.2. The van der Waals surface area contributed by atoms with Crippen molar-refractivity contribution >= 4 is 5.91 Å². The average Bonchev–Trinajstić information content (AvgIpc) is 2.37. The van der Waals surface area contributed by atoms with Crippen LogP contribution in [0, 0.1) is 11.8 Å². The fraction of sp³-hybridized carbons (Fsp3) is 0.571. The van der Waals surface area contributed by atoms with Crippen LogP contribution in [-0.4, -0.2) is 36.0 Å². The van der Waals surface area contributed by atoms with Crippen LogP contribution in [0.2, 0.25) is 0 Å². The van der Waals surface area contributed by atoms with E-state index in [-0.39, 0.29) is 5.91 Å². The molecule has 2 atom stereocenters. The van der Waals surface area contributed by atoms with Crippen LogP contribution in [0.3, 0.4) is 0 Å². The number of methoxy groups -OCH3 is 1. The van der Waals surface area contributed by atoms with Crippen LogP contribution in [0.15, 0.2) is 18.5 Å². The maximum atomic E-state index is 12.4. The van der Waals surface area contributed by atoms with Gasteiger partial charge in [-0.05, 0) is 24.3 Å². The monoisotopic (exact) mass is 248 g/mol. The molecule has 2 rings (SSSR count). The standard InChI is InChI=1S/C14H20N2O2/c1-10-4-11(2)9-16(8-10)14(17)12-5-13(18-3)7-15-6-12/h5-7,10-11H,4,8-9H2,1-3H3/t10-,11+. The lowest BCUT2D eigenvalue weighted by atomic mass is 9.91. The van der Waals surface area contributed by atoms with Gasteiger partial charge in [0.25, 0.3) is 5.91 Å². The van der Waals surface area contributed by atoms with Gasteiger partial charge in [-0.1, -0.05) is 13.8 Å². The highest BCUT2D eigenvalue weighted by Gasteiger charge is 2.26. The number of carbonyl (C=O) groups excluding carboxylic acids is 1. The van der Waals surface area contributed by atoms with Gasteiger partial charge in [0.15, 0.2) is 0 Å². The molecule has 0 aliphatic carbocycles. The Balaban J connectivity index is 2.14. The van der Waals surface area contributed by atoms with E-state index in [4.69, 9.17) is 4.74 Å². The van der Waals surface area contributed by atoms with Crippen molar-refractivity contribution in [3.8, 4) is 5.75 Å². The Bertz CT molecular complexity index is 424. The van der Waals surface area contributed by atoms with Gasteiger partial charge >= 0.3 is 0 Å². The van der Waals surface area contributed by atoms with Crippen molar-refractivity contribution in [3.63, 3.8) is 0 Å². The van der Waals surface area contributed by atoms with Crippen LogP contribution in [0.25, 0.3) is 0 Å². The SMILES string of the molecule is COc1cncc(C(=O)N2C[C@H](C)C[C@H](C)C2)c1. The molecule has 2 heterocycles. The van der Waals surface area contributed by atoms with Gasteiger partial charge in [-0.2, -0.15) is 0 Å². The van der Waals surface area contributed by atoms with E-state index in [1.165, 1.54) is 6.42 Å². The van der Waals surface area contributed by atoms with Gasteiger partial charge in [-0.25, -0.2) is 0 Å². The zero-order chi connectivity index (χ0) is 13.1. The largest absolute Gasteiger partial charge is 0.495 e. The van der Waals surface area contributed by atoms with Gasteiger partial charge in [-0.3, -0.25) is 9.78 Å². The third kappa shape index (κ3) is 2.81. The van der Waals surface area contributed by atoms with Crippen molar-refractivity contribution in [1.29, 1.82) is 0 Å². The van der Waals surface area contributed by atoms with Crippen molar-refractivity contribution in [2.45, 2.75) is 20.3 Å². The van der Waals surface area contributed by atoms with Crippen LogP contribution in [-0.2, 0) is 0 Å². The molecule has 1 aliphatic rings. The summed E-state index contributed by atoms with van der Waals surface area (Å²) in [6.45, 7) is 6.06. The molecule has 1 aliphatic heterocycles. The molecule has 1 saturated heterocycles. The fourth-order valence-electron chi connectivity index (χ4n) is 2.66. The smallest absolute Gasteiger partial charge is 0.255 e. The molecular weight excluding hydrogens is 228 g/mol. The van der Waals surface area contributed by atoms with E-state index in [9.17, 15) is 4.79 Å². The summed E-state index contributed by atoms with van der Waals surface area (Å²) in [6.07, 6.45) is 4.41. The van der Waals surface area contributed by atoms with E-state index in [1.54, 1.807) is 25.6 Å². The molecule has 1 aromatic rings. The molecule has 4 nitrogen and oxygen atoms in total. The molecule has 98 valence electrons. The number of rotatable bonds is 2. The van der Waals surface area contributed by atoms with Crippen molar-refractivity contribution in [1.82, 2.24) is 9.88 Å². The summed E-state index contributed by atoms with van der Waals surface area (Å²) < 4.78 is 5.10. The molecule has 0 unspecified atom stereocenters. The lowest BCUT2D eigenvalue weighted by Gasteiger charge is -2.35. The number of ether oxygens (including phenoxy) is 1. The number of carbonyl (C=O) groups is 1. The van der Waals surface area contributed by atoms with Crippen LogP contribution in [0.5, 0.6) is 5.75 Å². The third-order valence-corrected chi connectivity index (χ3v) is 3.35. The first-order valence-corrected chi connectivity index (χ1v) is 6.38. The molecular formula is C14H20N2O2. The summed E-state index contributed by atoms with van der Waals surface area (Å²) in [6, 6.07) is 1.75. The predicted octanol–water partition coefficient (Wildman–Crippen LogP) is 2.21. The maximum absolute atomic E-state index is 12.4. The number of hydrogen-bond donors (Lipinski definition) is 0. The second-order valence-corrected chi connectivity index (χ2v) is 5.27. The van der Waals surface area contributed by atoms with Crippen molar-refractivity contribution in [3.05, 3.63) is 24.0 Å². The number of amides is 1. The maximum Gasteiger partial charge on any atom is 0.255 e. The summed E-state index contributed by atoms with van der Waals surface area (Å²) in [5, 5.41) is 0. The topological polar surface area (TPSA) is 42.4 Å². The third-order valence-electron chi connectivity index (χ3n) is 3.35. The molecule has 18 heavy (non-hydrogen) atoms. The van der Waals surface area contributed by atoms with E-state index in [1.807, 2.05) is 4.90 Å². The lowest BCUT2D eigenvalue weighted by molar-refractivity contribution is 0.0622. The molecule has 4 heteroatoms. The average molecular weight is 248 g/mol. The molecule has 1 aromatic heterocycles. The Morgan fingerprint density at radius 3 is 2.61 bits per heavy atom.